The molecule has 7 nitrogen and oxygen atoms in total. The van der Waals surface area contributed by atoms with E-state index >= 15 is 0 Å². The van der Waals surface area contributed by atoms with Gasteiger partial charge >= 0.3 is 0 Å². The monoisotopic (exact) mass is 381 g/mol. The van der Waals surface area contributed by atoms with Gasteiger partial charge in [-0.25, -0.2) is 4.98 Å². The molecule has 2 aromatic rings. The number of amides is 1. The van der Waals surface area contributed by atoms with Gasteiger partial charge in [0.05, 0.1) is 24.4 Å². The number of fused-ring (bicyclic) bond motifs is 1. The predicted octanol–water partition coefficient (Wildman–Crippen LogP) is 2.25. The van der Waals surface area contributed by atoms with Crippen LogP contribution in [0.5, 0.6) is 0 Å². The van der Waals surface area contributed by atoms with Crippen LogP contribution in [0.1, 0.15) is 12.8 Å². The minimum absolute atomic E-state index is 0.131. The van der Waals surface area contributed by atoms with Crippen molar-refractivity contribution < 1.29 is 9.53 Å². The first-order valence-electron chi connectivity index (χ1n) is 9.85. The third kappa shape index (κ3) is 4.25. The van der Waals surface area contributed by atoms with E-state index in [-0.39, 0.29) is 18.1 Å². The van der Waals surface area contributed by atoms with Crippen LogP contribution in [0.15, 0.2) is 48.9 Å². The summed E-state index contributed by atoms with van der Waals surface area (Å²) in [6.45, 7) is 1.93. The van der Waals surface area contributed by atoms with Crippen molar-refractivity contribution in [2.45, 2.75) is 25.0 Å². The minimum Gasteiger partial charge on any atom is -0.379 e. The van der Waals surface area contributed by atoms with Crippen molar-refractivity contribution in [2.24, 2.45) is 11.8 Å². The molecule has 0 radical (unpaired) electrons. The van der Waals surface area contributed by atoms with Crippen molar-refractivity contribution >= 4 is 17.4 Å². The van der Waals surface area contributed by atoms with E-state index in [4.69, 9.17) is 4.74 Å². The van der Waals surface area contributed by atoms with Crippen molar-refractivity contribution in [3.63, 3.8) is 0 Å². The molecule has 2 N–H and O–H groups in total. The summed E-state index contributed by atoms with van der Waals surface area (Å²) in [4.78, 5) is 23.1. The van der Waals surface area contributed by atoms with Crippen LogP contribution in [0, 0.1) is 11.8 Å². The van der Waals surface area contributed by atoms with Crippen LogP contribution in [0.25, 0.3) is 0 Å². The fraction of sp³-hybridized carbons (Fsp3) is 0.476. The number of methoxy groups -OCH3 is 1. The number of carbonyl (C=O) groups excluding carboxylic acids is 1. The Bertz CT molecular complexity index is 773. The molecular formula is C21H27N5O2. The summed E-state index contributed by atoms with van der Waals surface area (Å²) in [5.41, 5.74) is 0.867. The number of carbonyl (C=O) groups is 1. The molecule has 1 amide bonds. The molecule has 7 heteroatoms. The number of likely N-dealkylation sites (tertiary alicyclic amines) is 1. The van der Waals surface area contributed by atoms with Gasteiger partial charge in [-0.3, -0.25) is 9.78 Å². The van der Waals surface area contributed by atoms with E-state index in [0.29, 0.717) is 18.4 Å². The van der Waals surface area contributed by atoms with Gasteiger partial charge in [-0.1, -0.05) is 6.07 Å². The molecule has 2 fully saturated rings. The third-order valence-corrected chi connectivity index (χ3v) is 5.88. The van der Waals surface area contributed by atoms with E-state index in [9.17, 15) is 4.79 Å². The molecule has 4 atom stereocenters. The number of hydrogen-bond donors (Lipinski definition) is 2. The molecule has 1 saturated heterocycles. The summed E-state index contributed by atoms with van der Waals surface area (Å²) in [5.74, 6) is 2.00. The maximum atomic E-state index is 12.7. The number of ether oxygens (including phenoxy) is 1. The number of rotatable bonds is 6. The number of nitrogens with zero attached hydrogens (tertiary/aromatic N) is 3. The van der Waals surface area contributed by atoms with Crippen LogP contribution in [0.3, 0.4) is 0 Å². The molecule has 1 saturated carbocycles. The van der Waals surface area contributed by atoms with Gasteiger partial charge in [0, 0.05) is 38.8 Å². The van der Waals surface area contributed by atoms with Crippen molar-refractivity contribution in [2.75, 3.05) is 37.4 Å². The maximum absolute atomic E-state index is 12.7. The second-order valence-electron chi connectivity index (χ2n) is 7.63. The first-order valence-corrected chi connectivity index (χ1v) is 9.85. The van der Waals surface area contributed by atoms with E-state index in [2.05, 4.69) is 20.6 Å². The Labute approximate surface area is 165 Å². The zero-order valence-electron chi connectivity index (χ0n) is 16.1. The van der Waals surface area contributed by atoms with Gasteiger partial charge in [-0.2, -0.15) is 0 Å². The summed E-state index contributed by atoms with van der Waals surface area (Å²) in [5, 5.41) is 6.69. The summed E-state index contributed by atoms with van der Waals surface area (Å²) >= 11 is 0. The average Bonchev–Trinajstić information content (AvgIpc) is 3.16. The second-order valence-corrected chi connectivity index (χ2v) is 7.63. The zero-order valence-corrected chi connectivity index (χ0v) is 16.1. The van der Waals surface area contributed by atoms with Gasteiger partial charge in [0.25, 0.3) is 0 Å². The van der Waals surface area contributed by atoms with Crippen LogP contribution >= 0.6 is 0 Å². The topological polar surface area (TPSA) is 79.4 Å². The maximum Gasteiger partial charge on any atom is 0.241 e. The Morgan fingerprint density at radius 1 is 1.18 bits per heavy atom. The summed E-state index contributed by atoms with van der Waals surface area (Å²) in [6.07, 6.45) is 7.33. The molecule has 3 heterocycles. The molecule has 0 bridgehead atoms. The fourth-order valence-corrected chi connectivity index (χ4v) is 4.42. The lowest BCUT2D eigenvalue weighted by Crippen LogP contribution is -2.44. The lowest BCUT2D eigenvalue weighted by Gasteiger charge is -2.37. The number of aromatic nitrogens is 2. The largest absolute Gasteiger partial charge is 0.379 e. The molecular weight excluding hydrogens is 354 g/mol. The summed E-state index contributed by atoms with van der Waals surface area (Å²) < 4.78 is 5.77. The average molecular weight is 381 g/mol. The predicted molar refractivity (Wildman–Crippen MR) is 108 cm³/mol. The standard InChI is InChI=1S/C21H27N5O2/c1-28-19-10-16-14-26(21(27)12-24-17-5-4-7-22-11-17)13-15(16)9-18(19)25-20-6-2-3-8-23-20/h2-8,11,15-16,18-19,24H,9-10,12-14H2,1H3,(H,23,25)/t15-,16+,18-,19-/m1/s1. The van der Waals surface area contributed by atoms with Gasteiger partial charge in [0.15, 0.2) is 0 Å². The number of hydrogen-bond acceptors (Lipinski definition) is 6. The normalized spacial score (nSPS) is 26.5. The highest BCUT2D eigenvalue weighted by molar-refractivity contribution is 5.81. The van der Waals surface area contributed by atoms with E-state index in [0.717, 1.165) is 37.4 Å². The Hall–Kier alpha value is -2.67. The van der Waals surface area contributed by atoms with E-state index in [1.54, 1.807) is 25.7 Å². The highest BCUT2D eigenvalue weighted by atomic mass is 16.5. The fourth-order valence-electron chi connectivity index (χ4n) is 4.42. The lowest BCUT2D eigenvalue weighted by molar-refractivity contribution is -0.128. The number of anilines is 2. The van der Waals surface area contributed by atoms with E-state index in [1.165, 1.54) is 0 Å². The molecule has 0 aromatic carbocycles. The molecule has 4 rings (SSSR count). The molecule has 0 spiro atoms. The zero-order chi connectivity index (χ0) is 19.3. The number of nitrogens with one attached hydrogen (secondary N) is 2. The first-order chi connectivity index (χ1) is 13.7. The summed E-state index contributed by atoms with van der Waals surface area (Å²) in [6, 6.07) is 9.86. The quantitative estimate of drug-likeness (QED) is 0.799. The third-order valence-electron chi connectivity index (χ3n) is 5.88. The highest BCUT2D eigenvalue weighted by Gasteiger charge is 2.43. The van der Waals surface area contributed by atoms with Crippen LogP contribution in [0.4, 0.5) is 11.5 Å². The van der Waals surface area contributed by atoms with Crippen molar-refractivity contribution in [3.05, 3.63) is 48.9 Å². The Morgan fingerprint density at radius 3 is 2.75 bits per heavy atom. The van der Waals surface area contributed by atoms with E-state index in [1.807, 2.05) is 35.2 Å². The Morgan fingerprint density at radius 2 is 2.04 bits per heavy atom. The van der Waals surface area contributed by atoms with Crippen molar-refractivity contribution in [1.29, 1.82) is 0 Å². The molecule has 1 aliphatic heterocycles. The van der Waals surface area contributed by atoms with Gasteiger partial charge in [0.2, 0.25) is 5.91 Å². The van der Waals surface area contributed by atoms with Crippen LogP contribution in [-0.2, 0) is 9.53 Å². The van der Waals surface area contributed by atoms with Crippen molar-refractivity contribution in [3.8, 4) is 0 Å². The Balaban J connectivity index is 1.34. The van der Waals surface area contributed by atoms with Crippen LogP contribution in [0.2, 0.25) is 0 Å². The van der Waals surface area contributed by atoms with Gasteiger partial charge in [0.1, 0.15) is 5.82 Å². The molecule has 2 aliphatic rings. The lowest BCUT2D eigenvalue weighted by atomic mass is 9.77. The smallest absolute Gasteiger partial charge is 0.241 e. The SMILES string of the molecule is CO[C@@H]1C[C@H]2CN(C(=O)CNc3cccnc3)C[C@H]2C[C@H]1Nc1ccccn1. The minimum atomic E-state index is 0.131. The van der Waals surface area contributed by atoms with Gasteiger partial charge < -0.3 is 20.3 Å². The van der Waals surface area contributed by atoms with Crippen LogP contribution < -0.4 is 10.6 Å². The molecule has 1 aliphatic carbocycles. The van der Waals surface area contributed by atoms with Crippen LogP contribution in [-0.4, -0.2) is 59.7 Å². The first kappa shape index (κ1) is 18.7. The second kappa shape index (κ2) is 8.56. The van der Waals surface area contributed by atoms with Gasteiger partial charge in [-0.15, -0.1) is 0 Å². The molecule has 148 valence electrons. The Kier molecular flexibility index (Phi) is 5.71. The molecule has 2 aromatic heterocycles. The van der Waals surface area contributed by atoms with Gasteiger partial charge in [-0.05, 0) is 48.9 Å². The van der Waals surface area contributed by atoms with Crippen molar-refractivity contribution in [1.82, 2.24) is 14.9 Å². The highest BCUT2D eigenvalue weighted by Crippen LogP contribution is 2.38. The number of pyridine rings is 2. The molecule has 28 heavy (non-hydrogen) atoms. The van der Waals surface area contributed by atoms with E-state index < -0.39 is 0 Å². The molecule has 0 unspecified atom stereocenters. The summed E-state index contributed by atoms with van der Waals surface area (Å²) in [7, 11) is 1.77.